The third-order valence-electron chi connectivity index (χ3n) is 14.8. The number of aryl methyl sites for hydroxylation is 2. The van der Waals surface area contributed by atoms with Gasteiger partial charge in [0, 0.05) is 71.3 Å². The lowest BCUT2D eigenvalue weighted by Gasteiger charge is -2.11. The number of rotatable bonds is 15. The summed E-state index contributed by atoms with van der Waals surface area (Å²) in [6.07, 6.45) is 1.15. The summed E-state index contributed by atoms with van der Waals surface area (Å²) in [7, 11) is -7.18. The van der Waals surface area contributed by atoms with Gasteiger partial charge in [-0.3, -0.25) is 19.2 Å². The van der Waals surface area contributed by atoms with Crippen LogP contribution in [-0.4, -0.2) is 96.8 Å². The molecule has 0 spiro atoms. The Labute approximate surface area is 625 Å². The molecular weight excluding hydrogens is 1490 g/mol. The quantitative estimate of drug-likeness (QED) is 0.0340. The predicted octanol–water partition coefficient (Wildman–Crippen LogP) is 17.0. The first kappa shape index (κ1) is 77.0. The molecule has 37 heteroatoms. The summed E-state index contributed by atoms with van der Waals surface area (Å²) >= 11 is 9.08. The standard InChI is InChI=1S/C19H18N6O3.C19H15N5O4S2.C18H15N5O2S.C14H10ClN3O3S2/c1-10-20-15-7-5-4-6-14(15)19(21-10)25-24-13-8-16(22-11(2)26)18(28)17(9-13)23-12(3)27;1-10(25)21-17-9-16(12-4-2-3-5-13(12)18(17)26)22-23-19-14-8-11(30(20,27)28)6-7-15(14)24-29-19;1-3-20-17(25)13-8-15(11-6-4-5-7-12(11)16(13)24)21-22-18-14(9-19)10(2)23-26-18;1-23(20,21)9-3-4-12-10(7-9)14(22-18-12)17-16-8-2-5-13(19)11(15)6-8/h4-9,28H,1-3H3,(H,22,26)(H,23,27);2-9,26H,1H3,(H,21,25)(H2,20,27,28);4-8,24H,3H2,1-2H3,(H,20,25);2-7,19H,1H3. The van der Waals surface area contributed by atoms with Crippen molar-refractivity contribution in [3.05, 3.63) is 179 Å². The highest BCUT2D eigenvalue weighted by atomic mass is 35.5. The van der Waals surface area contributed by atoms with E-state index in [1.807, 2.05) is 30.3 Å². The van der Waals surface area contributed by atoms with Crippen molar-refractivity contribution >= 4 is 205 Å². The Balaban J connectivity index is 0.000000153. The number of sulfonamides is 1. The number of amides is 4. The van der Waals surface area contributed by atoms with E-state index in [9.17, 15) is 61.7 Å². The molecule has 0 aliphatic rings. The lowest BCUT2D eigenvalue weighted by molar-refractivity contribution is -0.115. The third-order valence-corrected chi connectivity index (χ3v) is 19.5. The molecule has 542 valence electrons. The number of carbonyl (C=O) groups excluding carboxylic acids is 4. The van der Waals surface area contributed by atoms with E-state index in [1.165, 1.54) is 81.4 Å². The van der Waals surface area contributed by atoms with E-state index >= 15 is 0 Å². The number of nitriles is 1. The number of nitrogens with one attached hydrogen (secondary N) is 4. The van der Waals surface area contributed by atoms with Crippen LogP contribution in [0.25, 0.3) is 54.3 Å². The summed E-state index contributed by atoms with van der Waals surface area (Å²) in [4.78, 5) is 55.3. The van der Waals surface area contributed by atoms with E-state index in [0.29, 0.717) is 111 Å². The fourth-order valence-electron chi connectivity index (χ4n) is 9.94. The van der Waals surface area contributed by atoms with Crippen LogP contribution in [0, 0.1) is 25.2 Å². The summed E-state index contributed by atoms with van der Waals surface area (Å²) in [5.74, 6) is -1.02. The maximum Gasteiger partial charge on any atom is 0.255 e. The van der Waals surface area contributed by atoms with Crippen molar-refractivity contribution in [1.29, 1.82) is 5.26 Å². The second-order valence-electron chi connectivity index (χ2n) is 22.7. The smallest absolute Gasteiger partial charge is 0.255 e. The Hall–Kier alpha value is -12.6. The molecule has 0 aliphatic heterocycles. The number of halogens is 1. The number of azo groups is 4. The minimum absolute atomic E-state index is 0.0355. The zero-order chi connectivity index (χ0) is 77.0. The Kier molecular flexibility index (Phi) is 24.1. The summed E-state index contributed by atoms with van der Waals surface area (Å²) in [6.45, 7) is 9.68. The van der Waals surface area contributed by atoms with Crippen LogP contribution in [0.5, 0.6) is 23.0 Å². The van der Waals surface area contributed by atoms with Gasteiger partial charge in [0.1, 0.15) is 34.7 Å². The zero-order valence-electron chi connectivity index (χ0n) is 57.0. The molecule has 4 amide bonds. The summed E-state index contributed by atoms with van der Waals surface area (Å²) in [5.41, 5.74) is 5.11. The van der Waals surface area contributed by atoms with Gasteiger partial charge in [-0.1, -0.05) is 72.3 Å². The Morgan fingerprint density at radius 2 is 1.02 bits per heavy atom. The number of carbonyl (C=O) groups is 4. The van der Waals surface area contributed by atoms with Gasteiger partial charge in [-0.05, 0) is 146 Å². The van der Waals surface area contributed by atoms with Crippen molar-refractivity contribution in [2.24, 2.45) is 46.1 Å². The minimum Gasteiger partial charge on any atom is -0.506 e. The second kappa shape index (κ2) is 33.4. The third kappa shape index (κ3) is 18.8. The Bertz CT molecular complexity index is 6080. The van der Waals surface area contributed by atoms with Gasteiger partial charge in [0.15, 0.2) is 36.4 Å². The van der Waals surface area contributed by atoms with E-state index in [0.717, 1.165) is 51.8 Å². The van der Waals surface area contributed by atoms with Crippen molar-refractivity contribution < 1.29 is 56.4 Å². The highest BCUT2D eigenvalue weighted by Gasteiger charge is 2.21. The molecule has 4 aromatic heterocycles. The lowest BCUT2D eigenvalue weighted by atomic mass is 10.0. The van der Waals surface area contributed by atoms with Crippen molar-refractivity contribution in [2.45, 2.75) is 51.3 Å². The van der Waals surface area contributed by atoms with Crippen LogP contribution in [0.2, 0.25) is 5.02 Å². The highest BCUT2D eigenvalue weighted by molar-refractivity contribution is 7.90. The fourth-order valence-corrected chi connectivity index (χ4v) is 13.3. The number of anilines is 3. The maximum absolute atomic E-state index is 12.2. The number of benzene rings is 9. The number of nitrogens with two attached hydrogens (primary N) is 1. The molecule has 0 unspecified atom stereocenters. The van der Waals surface area contributed by atoms with E-state index < -0.39 is 25.8 Å². The number of phenolic OH excluding ortho intramolecular Hbond substituents is 4. The van der Waals surface area contributed by atoms with Gasteiger partial charge in [0.2, 0.25) is 27.7 Å². The van der Waals surface area contributed by atoms with Crippen LogP contribution in [-0.2, 0) is 34.2 Å². The van der Waals surface area contributed by atoms with Crippen molar-refractivity contribution in [3.8, 4) is 29.1 Å². The van der Waals surface area contributed by atoms with E-state index in [1.54, 1.807) is 81.4 Å². The van der Waals surface area contributed by atoms with Crippen LogP contribution < -0.4 is 26.4 Å². The molecule has 10 N–H and O–H groups in total. The van der Waals surface area contributed by atoms with Crippen LogP contribution >= 0.6 is 46.2 Å². The lowest BCUT2D eigenvalue weighted by Crippen LogP contribution is -2.22. The maximum atomic E-state index is 12.2. The van der Waals surface area contributed by atoms with E-state index in [4.69, 9.17) is 16.7 Å². The van der Waals surface area contributed by atoms with Crippen LogP contribution in [0.15, 0.2) is 202 Å². The van der Waals surface area contributed by atoms with Gasteiger partial charge in [0.25, 0.3) is 5.91 Å². The normalized spacial score (nSPS) is 11.6. The van der Waals surface area contributed by atoms with Crippen molar-refractivity contribution in [3.63, 3.8) is 0 Å². The Morgan fingerprint density at radius 1 is 0.523 bits per heavy atom. The molecule has 9 aromatic carbocycles. The number of nitrogens with zero attached hydrogens (tertiary/aromatic N) is 14. The first-order valence-electron chi connectivity index (χ1n) is 31.2. The summed E-state index contributed by atoms with van der Waals surface area (Å²) < 4.78 is 59.1. The molecular formula is C70H58ClN19O12S5. The van der Waals surface area contributed by atoms with Gasteiger partial charge in [-0.25, -0.2) is 31.9 Å². The molecule has 31 nitrogen and oxygen atoms in total. The number of aromatic nitrogens is 5. The highest BCUT2D eigenvalue weighted by Crippen LogP contribution is 2.44. The number of phenols is 4. The largest absolute Gasteiger partial charge is 0.506 e. The molecule has 13 aromatic rings. The Morgan fingerprint density at radius 3 is 1.57 bits per heavy atom. The molecule has 0 saturated heterocycles. The average molecular weight is 1550 g/mol. The fraction of sp³-hybridized carbons (Fsp3) is 0.114. The van der Waals surface area contributed by atoms with E-state index in [2.05, 4.69) is 91.3 Å². The molecule has 107 heavy (non-hydrogen) atoms. The average Bonchev–Trinajstić information content (AvgIpc) is 1.34. The molecule has 4 heterocycles. The number of para-hydroxylation sites is 1. The van der Waals surface area contributed by atoms with Gasteiger partial charge >= 0.3 is 0 Å². The summed E-state index contributed by atoms with van der Waals surface area (Å²) in [6, 6.07) is 43.0. The number of fused-ring (bicyclic) bond motifs is 5. The van der Waals surface area contributed by atoms with Crippen molar-refractivity contribution in [1.82, 2.24) is 28.4 Å². The number of primary sulfonamides is 1. The number of hydrogen-bond donors (Lipinski definition) is 9. The predicted molar refractivity (Wildman–Crippen MR) is 410 cm³/mol. The second-order valence-corrected chi connectivity index (χ2v) is 29.0. The monoisotopic (exact) mass is 1550 g/mol. The molecule has 13 rings (SSSR count). The van der Waals surface area contributed by atoms with Gasteiger partial charge in [-0.2, -0.15) is 18.4 Å². The number of aromatic hydroxyl groups is 4. The van der Waals surface area contributed by atoms with E-state index in [-0.39, 0.29) is 78.2 Å². The van der Waals surface area contributed by atoms with Crippen molar-refractivity contribution in [2.75, 3.05) is 28.8 Å². The molecule has 0 radical (unpaired) electrons. The van der Waals surface area contributed by atoms with Gasteiger partial charge in [-0.15, -0.1) is 40.9 Å². The minimum atomic E-state index is -3.87. The first-order chi connectivity index (χ1) is 51.0. The number of hydrogen-bond acceptors (Lipinski definition) is 29. The SMILES string of the molecule is CC(=O)Nc1cc(N=Nc2nc(C)nc3ccccc23)cc(NC(C)=O)c1O.CC(=O)Nc1cc(N=Nc2snc3ccc(S(N)(=O)=O)cc23)c2ccccc2c1O.CCNC(=O)c1cc(N=Nc2snc(C)c2C#N)c2ccccc2c1O.CS(=O)(=O)c1ccc2nsc(N=Nc3ccc(O)c(Cl)c3)c2c1. The molecule has 0 fully saturated rings. The molecule has 0 aliphatic carbocycles. The number of sulfone groups is 1. The zero-order valence-corrected chi connectivity index (χ0v) is 61.8. The van der Waals surface area contributed by atoms with Crippen LogP contribution in [0.1, 0.15) is 55.1 Å². The molecule has 0 atom stereocenters. The molecule has 0 saturated carbocycles. The van der Waals surface area contributed by atoms with Gasteiger partial charge in [0.05, 0.1) is 82.4 Å². The topological polar surface area (TPSA) is 479 Å². The van der Waals surface area contributed by atoms with Gasteiger partial charge < -0.3 is 41.7 Å². The first-order valence-corrected chi connectivity index (χ1v) is 37.4. The van der Waals surface area contributed by atoms with Crippen LogP contribution in [0.3, 0.4) is 0 Å². The van der Waals surface area contributed by atoms with Crippen LogP contribution in [0.4, 0.5) is 60.6 Å². The molecule has 0 bridgehead atoms. The summed E-state index contributed by atoms with van der Waals surface area (Å²) in [5, 5.41) is 104.